The van der Waals surface area contributed by atoms with Crippen LogP contribution in [0.15, 0.2) is 47.5 Å². The molecule has 0 bridgehead atoms. The van der Waals surface area contributed by atoms with E-state index in [9.17, 15) is 4.79 Å². The predicted molar refractivity (Wildman–Crippen MR) is 106 cm³/mol. The van der Waals surface area contributed by atoms with Gasteiger partial charge in [-0.3, -0.25) is 4.79 Å². The minimum Gasteiger partial charge on any atom is -0.497 e. The molecule has 130 valence electrons. The van der Waals surface area contributed by atoms with Crippen LogP contribution in [0.5, 0.6) is 5.75 Å². The number of carbonyl (C=O) groups is 1. The van der Waals surface area contributed by atoms with E-state index in [1.807, 2.05) is 49.4 Å². The van der Waals surface area contributed by atoms with Crippen LogP contribution >= 0.6 is 23.1 Å². The molecule has 0 N–H and O–H groups in total. The van der Waals surface area contributed by atoms with Gasteiger partial charge in [0.05, 0.1) is 17.3 Å². The highest BCUT2D eigenvalue weighted by molar-refractivity contribution is 7.98. The van der Waals surface area contributed by atoms with Crippen LogP contribution in [0.2, 0.25) is 0 Å². The first-order chi connectivity index (χ1) is 12.1. The van der Waals surface area contributed by atoms with Gasteiger partial charge in [-0.25, -0.2) is 0 Å². The summed E-state index contributed by atoms with van der Waals surface area (Å²) in [6, 6.07) is 13.5. The summed E-state index contributed by atoms with van der Waals surface area (Å²) in [4.78, 5) is 17.8. The monoisotopic (exact) mass is 372 g/mol. The number of thiazole rings is 1. The molecule has 4 nitrogen and oxygen atoms in total. The highest BCUT2D eigenvalue weighted by atomic mass is 32.2. The first kappa shape index (κ1) is 17.8. The summed E-state index contributed by atoms with van der Waals surface area (Å²) in [6.07, 6.45) is 2.07. The van der Waals surface area contributed by atoms with E-state index in [0.717, 1.165) is 38.6 Å². The Kier molecular flexibility index (Phi) is 5.60. The molecule has 0 aliphatic heterocycles. The van der Waals surface area contributed by atoms with Gasteiger partial charge in [0.25, 0.3) is 5.91 Å². The average molecular weight is 373 g/mol. The summed E-state index contributed by atoms with van der Waals surface area (Å²) >= 11 is 3.30. The summed E-state index contributed by atoms with van der Waals surface area (Å²) in [5.74, 6) is 1.56. The number of aromatic nitrogens is 1. The molecule has 0 saturated carbocycles. The van der Waals surface area contributed by atoms with Gasteiger partial charge in [-0.1, -0.05) is 29.5 Å². The second-order valence-electron chi connectivity index (χ2n) is 5.59. The highest BCUT2D eigenvalue weighted by Gasteiger charge is 2.11. The number of aryl methyl sites for hydroxylation is 2. The Morgan fingerprint density at radius 1 is 1.28 bits per heavy atom. The fourth-order valence-corrected chi connectivity index (χ4v) is 4.02. The van der Waals surface area contributed by atoms with Crippen molar-refractivity contribution in [3.05, 3.63) is 58.4 Å². The molecule has 3 rings (SSSR count). The van der Waals surface area contributed by atoms with Crippen molar-refractivity contribution in [3.8, 4) is 5.75 Å². The van der Waals surface area contributed by atoms with E-state index in [2.05, 4.69) is 15.8 Å². The van der Waals surface area contributed by atoms with E-state index >= 15 is 0 Å². The van der Waals surface area contributed by atoms with Gasteiger partial charge >= 0.3 is 0 Å². The number of hydrogen-bond acceptors (Lipinski definition) is 4. The minimum atomic E-state index is -0.200. The first-order valence-corrected chi connectivity index (χ1v) is 10.2. The standard InChI is InChI=1S/C19H20N2O2S2/c1-13-6-4-5-7-15(13)18(22)20-19-21(10-11-24-3)16-12-14(23-2)8-9-17(16)25-19/h4-9,12H,10-11H2,1-3H3. The summed E-state index contributed by atoms with van der Waals surface area (Å²) in [5.41, 5.74) is 2.64. The van der Waals surface area contributed by atoms with Gasteiger partial charge in [0.1, 0.15) is 5.75 Å². The quantitative estimate of drug-likeness (QED) is 0.676. The minimum absolute atomic E-state index is 0.200. The van der Waals surface area contributed by atoms with E-state index in [4.69, 9.17) is 4.74 Å². The lowest BCUT2D eigenvalue weighted by molar-refractivity contribution is 0.0997. The number of thioether (sulfide) groups is 1. The lowest BCUT2D eigenvalue weighted by Gasteiger charge is -2.05. The summed E-state index contributed by atoms with van der Waals surface area (Å²) in [5, 5.41) is 0. The molecule has 0 spiro atoms. The van der Waals surface area contributed by atoms with Crippen LogP contribution in [0.3, 0.4) is 0 Å². The predicted octanol–water partition coefficient (Wildman–Crippen LogP) is 4.12. The second kappa shape index (κ2) is 7.89. The third-order valence-corrected chi connectivity index (χ3v) is 5.63. The molecule has 0 aliphatic carbocycles. The number of benzene rings is 2. The Balaban J connectivity index is 2.13. The fourth-order valence-electron chi connectivity index (χ4n) is 2.62. The SMILES string of the molecule is COc1ccc2sc(=NC(=O)c3ccccc3C)n(CCSC)c2c1. The molecule has 0 atom stereocenters. The summed E-state index contributed by atoms with van der Waals surface area (Å²) in [6.45, 7) is 2.73. The van der Waals surface area contributed by atoms with E-state index in [1.165, 1.54) is 11.3 Å². The van der Waals surface area contributed by atoms with Crippen LogP contribution in [0.25, 0.3) is 10.2 Å². The Morgan fingerprint density at radius 3 is 2.80 bits per heavy atom. The topological polar surface area (TPSA) is 43.6 Å². The molecular formula is C19H20N2O2S2. The maximum atomic E-state index is 12.7. The van der Waals surface area contributed by atoms with Gasteiger partial charge < -0.3 is 9.30 Å². The summed E-state index contributed by atoms with van der Waals surface area (Å²) < 4.78 is 8.55. The van der Waals surface area contributed by atoms with Crippen LogP contribution < -0.4 is 9.54 Å². The Hall–Kier alpha value is -2.05. The van der Waals surface area contributed by atoms with Crippen molar-refractivity contribution in [3.63, 3.8) is 0 Å². The van der Waals surface area contributed by atoms with Crippen molar-refractivity contribution < 1.29 is 9.53 Å². The zero-order valence-electron chi connectivity index (χ0n) is 14.5. The number of hydrogen-bond donors (Lipinski definition) is 0. The van der Waals surface area contributed by atoms with Crippen LogP contribution in [-0.4, -0.2) is 29.6 Å². The Bertz CT molecular complexity index is 973. The number of fused-ring (bicyclic) bond motifs is 1. The number of methoxy groups -OCH3 is 1. The molecule has 0 aliphatic rings. The number of carbonyl (C=O) groups excluding carboxylic acids is 1. The van der Waals surface area contributed by atoms with Gasteiger partial charge in [-0.05, 0) is 36.9 Å². The van der Waals surface area contributed by atoms with Crippen molar-refractivity contribution in [1.29, 1.82) is 0 Å². The molecule has 0 saturated heterocycles. The van der Waals surface area contributed by atoms with Crippen molar-refractivity contribution in [1.82, 2.24) is 4.57 Å². The normalized spacial score (nSPS) is 11.9. The molecule has 25 heavy (non-hydrogen) atoms. The first-order valence-electron chi connectivity index (χ1n) is 7.95. The van der Waals surface area contributed by atoms with Crippen LogP contribution in [0.1, 0.15) is 15.9 Å². The van der Waals surface area contributed by atoms with E-state index in [0.29, 0.717) is 5.56 Å². The molecule has 0 fully saturated rings. The maximum Gasteiger partial charge on any atom is 0.279 e. The molecule has 6 heteroatoms. The third kappa shape index (κ3) is 3.80. The largest absolute Gasteiger partial charge is 0.497 e. The van der Waals surface area contributed by atoms with Crippen LogP contribution in [0.4, 0.5) is 0 Å². The van der Waals surface area contributed by atoms with E-state index < -0.39 is 0 Å². The molecule has 1 amide bonds. The zero-order chi connectivity index (χ0) is 17.8. The molecule has 3 aromatic rings. The molecule has 0 radical (unpaired) electrons. The molecule has 0 unspecified atom stereocenters. The Labute approximate surface area is 155 Å². The van der Waals surface area contributed by atoms with E-state index in [1.54, 1.807) is 18.9 Å². The number of ether oxygens (including phenoxy) is 1. The molecule has 1 heterocycles. The van der Waals surface area contributed by atoms with E-state index in [-0.39, 0.29) is 5.91 Å². The van der Waals surface area contributed by atoms with Crippen LogP contribution in [-0.2, 0) is 6.54 Å². The molecule has 1 aromatic heterocycles. The third-order valence-electron chi connectivity index (χ3n) is 3.98. The van der Waals surface area contributed by atoms with Crippen molar-refractivity contribution >= 4 is 39.2 Å². The Morgan fingerprint density at radius 2 is 2.08 bits per heavy atom. The highest BCUT2D eigenvalue weighted by Crippen LogP contribution is 2.23. The number of nitrogens with zero attached hydrogens (tertiary/aromatic N) is 2. The van der Waals surface area contributed by atoms with Crippen molar-refractivity contribution in [2.75, 3.05) is 19.1 Å². The molecular weight excluding hydrogens is 352 g/mol. The smallest absolute Gasteiger partial charge is 0.279 e. The van der Waals surface area contributed by atoms with Gasteiger partial charge in [-0.15, -0.1) is 0 Å². The van der Waals surface area contributed by atoms with Crippen LogP contribution in [0, 0.1) is 6.92 Å². The lowest BCUT2D eigenvalue weighted by atomic mass is 10.1. The average Bonchev–Trinajstić information content (AvgIpc) is 2.96. The van der Waals surface area contributed by atoms with Crippen molar-refractivity contribution in [2.24, 2.45) is 4.99 Å². The fraction of sp³-hybridized carbons (Fsp3) is 0.263. The second-order valence-corrected chi connectivity index (χ2v) is 7.59. The lowest BCUT2D eigenvalue weighted by Crippen LogP contribution is -2.18. The van der Waals surface area contributed by atoms with Crippen molar-refractivity contribution in [2.45, 2.75) is 13.5 Å². The molecule has 2 aromatic carbocycles. The van der Waals surface area contributed by atoms with Gasteiger partial charge in [0, 0.05) is 23.9 Å². The van der Waals surface area contributed by atoms with Gasteiger partial charge in [-0.2, -0.15) is 16.8 Å². The number of amides is 1. The van der Waals surface area contributed by atoms with Gasteiger partial charge in [0.2, 0.25) is 0 Å². The summed E-state index contributed by atoms with van der Waals surface area (Å²) in [7, 11) is 1.66. The number of rotatable bonds is 5. The maximum absolute atomic E-state index is 12.7. The zero-order valence-corrected chi connectivity index (χ0v) is 16.1. The van der Waals surface area contributed by atoms with Gasteiger partial charge in [0.15, 0.2) is 4.80 Å².